The van der Waals surface area contributed by atoms with Crippen molar-refractivity contribution in [1.82, 2.24) is 4.98 Å². The van der Waals surface area contributed by atoms with E-state index in [0.29, 0.717) is 10.2 Å². The molecule has 0 aliphatic rings. The number of rotatable bonds is 1. The van der Waals surface area contributed by atoms with Gasteiger partial charge in [-0.1, -0.05) is 53.0 Å². The van der Waals surface area contributed by atoms with E-state index in [4.69, 9.17) is 23.2 Å². The normalized spacial score (nSPS) is 10.3. The van der Waals surface area contributed by atoms with Crippen LogP contribution in [0.1, 0.15) is 5.56 Å². The zero-order valence-electron chi connectivity index (χ0n) is 8.17. The van der Waals surface area contributed by atoms with Crippen LogP contribution in [-0.2, 0) is 0 Å². The maximum atomic E-state index is 5.91. The number of nitrogens with zero attached hydrogens (tertiary/aromatic N) is 1. The Morgan fingerprint density at radius 1 is 1.00 bits per heavy atom. The first kappa shape index (κ1) is 10.5. The van der Waals surface area contributed by atoms with Crippen molar-refractivity contribution in [1.29, 1.82) is 0 Å². The Bertz CT molecular complexity index is 457. The van der Waals surface area contributed by atoms with Crippen LogP contribution in [0.3, 0.4) is 0 Å². The van der Waals surface area contributed by atoms with E-state index >= 15 is 0 Å². The summed E-state index contributed by atoms with van der Waals surface area (Å²) in [7, 11) is 0. The molecule has 0 aliphatic heterocycles. The van der Waals surface area contributed by atoms with Crippen molar-refractivity contribution in [2.75, 3.05) is 0 Å². The fourth-order valence-electron chi connectivity index (χ4n) is 1.34. The Morgan fingerprint density at radius 2 is 1.67 bits per heavy atom. The molecule has 0 unspecified atom stereocenters. The first-order valence-corrected chi connectivity index (χ1v) is 5.31. The smallest absolute Gasteiger partial charge is 0.131 e. The van der Waals surface area contributed by atoms with Gasteiger partial charge in [-0.2, -0.15) is 0 Å². The van der Waals surface area contributed by atoms with Gasteiger partial charge in [0, 0.05) is 10.6 Å². The molecule has 3 heteroatoms. The third kappa shape index (κ3) is 2.49. The molecule has 0 saturated carbocycles. The Kier molecular flexibility index (Phi) is 2.94. The first-order valence-electron chi connectivity index (χ1n) is 4.55. The number of aryl methyl sites for hydroxylation is 1. The van der Waals surface area contributed by atoms with Crippen LogP contribution in [0.4, 0.5) is 0 Å². The zero-order valence-corrected chi connectivity index (χ0v) is 9.68. The summed E-state index contributed by atoms with van der Waals surface area (Å²) in [4.78, 5) is 4.21. The predicted octanol–water partition coefficient (Wildman–Crippen LogP) is 4.36. The third-order valence-corrected chi connectivity index (χ3v) is 2.52. The predicted molar refractivity (Wildman–Crippen MR) is 64.4 cm³/mol. The standard InChI is InChI=1S/C12H9Cl2N/c1-8-2-4-9(5-3-8)11-6-10(13)7-12(14)15-11/h2-7H,1H3. The number of hydrogen-bond acceptors (Lipinski definition) is 1. The molecule has 0 amide bonds. The SMILES string of the molecule is Cc1ccc(-c2cc(Cl)cc(Cl)n2)cc1. The molecule has 76 valence electrons. The summed E-state index contributed by atoms with van der Waals surface area (Å²) in [5.41, 5.74) is 3.03. The van der Waals surface area contributed by atoms with E-state index in [1.165, 1.54) is 5.56 Å². The van der Waals surface area contributed by atoms with Crippen molar-refractivity contribution in [3.8, 4) is 11.3 Å². The van der Waals surface area contributed by atoms with Gasteiger partial charge in [0.25, 0.3) is 0 Å². The van der Waals surface area contributed by atoms with Crippen LogP contribution in [0.2, 0.25) is 10.2 Å². The Balaban J connectivity index is 2.49. The second-order valence-corrected chi connectivity index (χ2v) is 4.18. The highest BCUT2D eigenvalue weighted by Crippen LogP contribution is 2.23. The fraction of sp³-hybridized carbons (Fsp3) is 0.0833. The summed E-state index contributed by atoms with van der Waals surface area (Å²) in [6, 6.07) is 11.5. The molecular weight excluding hydrogens is 229 g/mol. The molecule has 0 atom stereocenters. The summed E-state index contributed by atoms with van der Waals surface area (Å²) in [5, 5.41) is 1.02. The average Bonchev–Trinajstić information content (AvgIpc) is 2.17. The molecule has 15 heavy (non-hydrogen) atoms. The van der Waals surface area contributed by atoms with E-state index in [0.717, 1.165) is 11.3 Å². The highest BCUT2D eigenvalue weighted by molar-refractivity contribution is 6.34. The van der Waals surface area contributed by atoms with Gasteiger partial charge in [-0.15, -0.1) is 0 Å². The van der Waals surface area contributed by atoms with Crippen LogP contribution >= 0.6 is 23.2 Å². The Labute approximate surface area is 98.7 Å². The molecule has 0 bridgehead atoms. The van der Waals surface area contributed by atoms with Crippen LogP contribution in [-0.4, -0.2) is 4.98 Å². The van der Waals surface area contributed by atoms with Gasteiger partial charge >= 0.3 is 0 Å². The Hall–Kier alpha value is -1.05. The maximum Gasteiger partial charge on any atom is 0.131 e. The van der Waals surface area contributed by atoms with E-state index in [2.05, 4.69) is 4.98 Å². The molecule has 1 heterocycles. The molecular formula is C12H9Cl2N. The molecule has 0 aliphatic carbocycles. The molecule has 2 aromatic rings. The lowest BCUT2D eigenvalue weighted by molar-refractivity contribution is 1.32. The largest absolute Gasteiger partial charge is 0.236 e. The number of benzene rings is 1. The minimum atomic E-state index is 0.415. The van der Waals surface area contributed by atoms with Gasteiger partial charge in [0.15, 0.2) is 0 Å². The van der Waals surface area contributed by atoms with Crippen LogP contribution < -0.4 is 0 Å². The molecule has 0 radical (unpaired) electrons. The van der Waals surface area contributed by atoms with E-state index in [1.807, 2.05) is 31.2 Å². The lowest BCUT2D eigenvalue weighted by Crippen LogP contribution is -1.84. The molecule has 1 aromatic heterocycles. The zero-order chi connectivity index (χ0) is 10.8. The quantitative estimate of drug-likeness (QED) is 0.672. The lowest BCUT2D eigenvalue weighted by atomic mass is 10.1. The van der Waals surface area contributed by atoms with Crippen molar-refractivity contribution in [3.63, 3.8) is 0 Å². The number of halogens is 2. The van der Waals surface area contributed by atoms with Crippen molar-refractivity contribution in [2.45, 2.75) is 6.92 Å². The molecule has 1 aromatic carbocycles. The minimum Gasteiger partial charge on any atom is -0.236 e. The lowest BCUT2D eigenvalue weighted by Gasteiger charge is -2.02. The van der Waals surface area contributed by atoms with Crippen molar-refractivity contribution in [2.24, 2.45) is 0 Å². The van der Waals surface area contributed by atoms with Crippen molar-refractivity contribution >= 4 is 23.2 Å². The summed E-state index contributed by atoms with van der Waals surface area (Å²) < 4.78 is 0. The van der Waals surface area contributed by atoms with Gasteiger partial charge in [-0.3, -0.25) is 0 Å². The molecule has 0 spiro atoms. The van der Waals surface area contributed by atoms with Gasteiger partial charge in [0.1, 0.15) is 5.15 Å². The van der Waals surface area contributed by atoms with Crippen molar-refractivity contribution in [3.05, 3.63) is 52.1 Å². The van der Waals surface area contributed by atoms with E-state index < -0.39 is 0 Å². The fourth-order valence-corrected chi connectivity index (χ4v) is 1.81. The average molecular weight is 238 g/mol. The van der Waals surface area contributed by atoms with Crippen LogP contribution in [0, 0.1) is 6.92 Å². The molecule has 0 fully saturated rings. The number of aromatic nitrogens is 1. The number of hydrogen-bond donors (Lipinski definition) is 0. The molecule has 1 nitrogen and oxygen atoms in total. The second-order valence-electron chi connectivity index (χ2n) is 3.36. The highest BCUT2D eigenvalue weighted by atomic mass is 35.5. The van der Waals surface area contributed by atoms with Crippen LogP contribution in [0.5, 0.6) is 0 Å². The third-order valence-electron chi connectivity index (χ3n) is 2.11. The summed E-state index contributed by atoms with van der Waals surface area (Å²) >= 11 is 11.7. The maximum absolute atomic E-state index is 5.91. The monoisotopic (exact) mass is 237 g/mol. The van der Waals surface area contributed by atoms with Gasteiger partial charge in [0.2, 0.25) is 0 Å². The summed E-state index contributed by atoms with van der Waals surface area (Å²) in [6.07, 6.45) is 0. The van der Waals surface area contributed by atoms with Gasteiger partial charge in [0.05, 0.1) is 5.69 Å². The molecule has 0 N–H and O–H groups in total. The topological polar surface area (TPSA) is 12.9 Å². The second kappa shape index (κ2) is 4.21. The minimum absolute atomic E-state index is 0.415. The first-order chi connectivity index (χ1) is 7.15. The Morgan fingerprint density at radius 3 is 2.27 bits per heavy atom. The van der Waals surface area contributed by atoms with Gasteiger partial charge < -0.3 is 0 Å². The van der Waals surface area contributed by atoms with Crippen molar-refractivity contribution < 1.29 is 0 Å². The summed E-state index contributed by atoms with van der Waals surface area (Å²) in [5.74, 6) is 0. The molecule has 2 rings (SSSR count). The number of pyridine rings is 1. The van der Waals surface area contributed by atoms with E-state index in [-0.39, 0.29) is 0 Å². The summed E-state index contributed by atoms with van der Waals surface area (Å²) in [6.45, 7) is 2.04. The van der Waals surface area contributed by atoms with E-state index in [9.17, 15) is 0 Å². The van der Waals surface area contributed by atoms with Gasteiger partial charge in [-0.25, -0.2) is 4.98 Å². The van der Waals surface area contributed by atoms with Crippen LogP contribution in [0.15, 0.2) is 36.4 Å². The van der Waals surface area contributed by atoms with E-state index in [1.54, 1.807) is 12.1 Å². The molecule has 0 saturated heterocycles. The highest BCUT2D eigenvalue weighted by Gasteiger charge is 2.02. The van der Waals surface area contributed by atoms with Crippen LogP contribution in [0.25, 0.3) is 11.3 Å². The van der Waals surface area contributed by atoms with Gasteiger partial charge in [-0.05, 0) is 19.1 Å².